The van der Waals surface area contributed by atoms with E-state index in [2.05, 4.69) is 9.97 Å². The zero-order chi connectivity index (χ0) is 22.9. The minimum absolute atomic E-state index is 0.282. The van der Waals surface area contributed by atoms with Gasteiger partial charge in [0.15, 0.2) is 11.5 Å². The molecule has 4 aromatic rings. The van der Waals surface area contributed by atoms with Crippen LogP contribution in [0.25, 0.3) is 21.8 Å². The summed E-state index contributed by atoms with van der Waals surface area (Å²) in [5, 5.41) is 1.55. The molecule has 1 amide bonds. The summed E-state index contributed by atoms with van der Waals surface area (Å²) in [6.07, 6.45) is 1.19. The van der Waals surface area contributed by atoms with E-state index in [1.165, 1.54) is 7.11 Å². The van der Waals surface area contributed by atoms with Gasteiger partial charge in [-0.15, -0.1) is 0 Å². The molecule has 2 aromatic heterocycles. The Bertz CT molecular complexity index is 1350. The number of ether oxygens (including phenoxy) is 4. The number of nitrogens with one attached hydrogen (secondary N) is 1. The lowest BCUT2D eigenvalue weighted by molar-refractivity contribution is 0.0413. The zero-order valence-corrected chi connectivity index (χ0v) is 18.4. The van der Waals surface area contributed by atoms with Crippen molar-refractivity contribution in [2.24, 2.45) is 0 Å². The molecule has 33 heavy (non-hydrogen) atoms. The van der Waals surface area contributed by atoms with Crippen molar-refractivity contribution in [1.29, 1.82) is 0 Å². The molecule has 1 N–H and O–H groups in total. The van der Waals surface area contributed by atoms with E-state index in [4.69, 9.17) is 26.8 Å². The van der Waals surface area contributed by atoms with Crippen LogP contribution in [-0.2, 0) is 4.74 Å². The Morgan fingerprint density at radius 1 is 1.06 bits per heavy atom. The Balaban J connectivity index is 1.51. The highest BCUT2D eigenvalue weighted by atomic mass is 16.6. The Morgan fingerprint density at radius 2 is 1.88 bits per heavy atom. The first kappa shape index (κ1) is 21.1. The number of amides is 1. The maximum atomic E-state index is 12.6. The van der Waals surface area contributed by atoms with E-state index in [1.54, 1.807) is 29.3 Å². The molecular formula is C24H22BN3O5. The number of hydrogen-bond donors (Lipinski definition) is 1. The Hall–Kier alpha value is -3.72. The van der Waals surface area contributed by atoms with E-state index in [-0.39, 0.29) is 5.75 Å². The van der Waals surface area contributed by atoms with E-state index < -0.39 is 6.09 Å². The second-order valence-electron chi connectivity index (χ2n) is 7.79. The molecule has 3 heterocycles. The van der Waals surface area contributed by atoms with Gasteiger partial charge in [0.1, 0.15) is 19.3 Å². The van der Waals surface area contributed by atoms with Gasteiger partial charge in [0.05, 0.1) is 25.8 Å². The van der Waals surface area contributed by atoms with E-state index in [1.807, 2.05) is 25.1 Å². The fourth-order valence-corrected chi connectivity index (χ4v) is 3.91. The summed E-state index contributed by atoms with van der Waals surface area (Å²) in [6.45, 7) is 3.90. The van der Waals surface area contributed by atoms with Crippen LogP contribution < -0.4 is 19.7 Å². The highest BCUT2D eigenvalue weighted by molar-refractivity contribution is 6.40. The molecule has 0 aliphatic carbocycles. The van der Waals surface area contributed by atoms with Crippen LogP contribution in [0.2, 0.25) is 0 Å². The van der Waals surface area contributed by atoms with Crippen LogP contribution in [0.5, 0.6) is 23.0 Å². The monoisotopic (exact) mass is 443 g/mol. The molecule has 1 saturated heterocycles. The molecule has 1 aliphatic heterocycles. The number of H-pyrrole nitrogens is 1. The number of methoxy groups -OCH3 is 1. The maximum Gasteiger partial charge on any atom is 0.415 e. The van der Waals surface area contributed by atoms with Gasteiger partial charge in [-0.3, -0.25) is 4.98 Å². The highest BCUT2D eigenvalue weighted by Gasteiger charge is 2.21. The standard InChI is InChI=1S/C24H22BN3O5/c1-14-11-16-17(27-14)3-4-20(23(16)25)32-19-5-6-26-18-13-21(30-2)22(12-15(18)19)33-24(29)28-7-9-31-10-8-28/h3-6,11-13,27H,7-10H2,1-2H3. The van der Waals surface area contributed by atoms with Gasteiger partial charge in [-0.1, -0.05) is 0 Å². The van der Waals surface area contributed by atoms with Crippen LogP contribution in [-0.4, -0.2) is 62.2 Å². The third kappa shape index (κ3) is 4.07. The first-order chi connectivity index (χ1) is 16.0. The number of nitrogens with zero attached hydrogens (tertiary/aromatic N) is 2. The van der Waals surface area contributed by atoms with Crippen LogP contribution in [0.4, 0.5) is 4.79 Å². The lowest BCUT2D eigenvalue weighted by Gasteiger charge is -2.26. The van der Waals surface area contributed by atoms with E-state index in [0.717, 1.165) is 16.6 Å². The SMILES string of the molecule is [B]c1c(Oc2ccnc3cc(OC)c(OC(=O)N4CCOCC4)cc23)ccc2[nH]c(C)cc12. The molecule has 2 aromatic carbocycles. The van der Waals surface area contributed by atoms with Gasteiger partial charge in [0, 0.05) is 41.9 Å². The Morgan fingerprint density at radius 3 is 2.67 bits per heavy atom. The molecule has 2 radical (unpaired) electrons. The highest BCUT2D eigenvalue weighted by Crippen LogP contribution is 2.37. The zero-order valence-electron chi connectivity index (χ0n) is 18.4. The summed E-state index contributed by atoms with van der Waals surface area (Å²) in [5.74, 6) is 1.74. The average molecular weight is 443 g/mol. The number of aryl methyl sites for hydroxylation is 1. The molecule has 1 fully saturated rings. The summed E-state index contributed by atoms with van der Waals surface area (Å²) < 4.78 is 22.6. The maximum absolute atomic E-state index is 12.6. The predicted octanol–water partition coefficient (Wildman–Crippen LogP) is 3.45. The van der Waals surface area contributed by atoms with Crippen molar-refractivity contribution in [3.8, 4) is 23.0 Å². The Labute approximate surface area is 191 Å². The lowest BCUT2D eigenvalue weighted by Crippen LogP contribution is -2.42. The molecule has 0 bridgehead atoms. The number of rotatable bonds is 4. The van der Waals surface area contributed by atoms with Gasteiger partial charge in [0.25, 0.3) is 0 Å². The molecule has 5 rings (SSSR count). The molecule has 0 saturated carbocycles. The van der Waals surface area contributed by atoms with Gasteiger partial charge in [-0.25, -0.2) is 4.79 Å². The van der Waals surface area contributed by atoms with Crippen molar-refractivity contribution in [1.82, 2.24) is 14.9 Å². The second kappa shape index (κ2) is 8.67. The average Bonchev–Trinajstić information content (AvgIpc) is 3.22. The third-order valence-corrected chi connectivity index (χ3v) is 5.61. The molecular weight excluding hydrogens is 421 g/mol. The molecule has 9 heteroatoms. The predicted molar refractivity (Wildman–Crippen MR) is 125 cm³/mol. The lowest BCUT2D eigenvalue weighted by atomic mass is 9.91. The Kier molecular flexibility index (Phi) is 5.56. The smallest absolute Gasteiger partial charge is 0.415 e. The van der Waals surface area contributed by atoms with Gasteiger partial charge in [0.2, 0.25) is 0 Å². The summed E-state index contributed by atoms with van der Waals surface area (Å²) in [5.41, 5.74) is 3.13. The summed E-state index contributed by atoms with van der Waals surface area (Å²) >= 11 is 0. The molecule has 1 aliphatic rings. The first-order valence-corrected chi connectivity index (χ1v) is 10.6. The minimum atomic E-state index is -0.458. The first-order valence-electron chi connectivity index (χ1n) is 10.6. The number of hydrogen-bond acceptors (Lipinski definition) is 6. The normalized spacial score (nSPS) is 13.9. The van der Waals surface area contributed by atoms with Crippen molar-refractivity contribution in [3.63, 3.8) is 0 Å². The van der Waals surface area contributed by atoms with Gasteiger partial charge in [-0.2, -0.15) is 0 Å². The summed E-state index contributed by atoms with van der Waals surface area (Å²) in [6, 6.07) is 10.9. The summed E-state index contributed by atoms with van der Waals surface area (Å²) in [4.78, 5) is 21.9. The number of pyridine rings is 1. The topological polar surface area (TPSA) is 85.9 Å². The fraction of sp³-hybridized carbons (Fsp3) is 0.250. The van der Waals surface area contributed by atoms with Gasteiger partial charge >= 0.3 is 6.09 Å². The molecule has 0 atom stereocenters. The van der Waals surface area contributed by atoms with Gasteiger partial charge in [-0.05, 0) is 48.1 Å². The van der Waals surface area contributed by atoms with E-state index >= 15 is 0 Å². The van der Waals surface area contributed by atoms with Crippen molar-refractivity contribution < 1.29 is 23.7 Å². The van der Waals surface area contributed by atoms with Crippen molar-refractivity contribution in [3.05, 3.63) is 48.3 Å². The fourth-order valence-electron chi connectivity index (χ4n) is 3.91. The second-order valence-corrected chi connectivity index (χ2v) is 7.79. The number of aromatic nitrogens is 2. The van der Waals surface area contributed by atoms with Crippen LogP contribution in [0.1, 0.15) is 5.69 Å². The number of fused-ring (bicyclic) bond motifs is 2. The number of benzene rings is 2. The van der Waals surface area contributed by atoms with Crippen LogP contribution >= 0.6 is 0 Å². The van der Waals surface area contributed by atoms with Crippen molar-refractivity contribution >= 4 is 41.2 Å². The summed E-state index contributed by atoms with van der Waals surface area (Å²) in [7, 11) is 7.90. The molecule has 0 unspecified atom stereocenters. The van der Waals surface area contributed by atoms with Crippen LogP contribution in [0.15, 0.2) is 42.6 Å². The van der Waals surface area contributed by atoms with E-state index in [0.29, 0.717) is 59.9 Å². The minimum Gasteiger partial charge on any atom is -0.493 e. The third-order valence-electron chi connectivity index (χ3n) is 5.61. The van der Waals surface area contributed by atoms with Crippen LogP contribution in [0, 0.1) is 6.92 Å². The molecule has 8 nitrogen and oxygen atoms in total. The van der Waals surface area contributed by atoms with Crippen LogP contribution in [0.3, 0.4) is 0 Å². The number of aromatic amines is 1. The largest absolute Gasteiger partial charge is 0.493 e. The van der Waals surface area contributed by atoms with E-state index in [9.17, 15) is 4.79 Å². The number of carbonyl (C=O) groups is 1. The van der Waals surface area contributed by atoms with Crippen molar-refractivity contribution in [2.45, 2.75) is 6.92 Å². The number of carbonyl (C=O) groups excluding carboxylic acids is 1. The quantitative estimate of drug-likeness (QED) is 0.487. The molecule has 0 spiro atoms. The van der Waals surface area contributed by atoms with Crippen molar-refractivity contribution in [2.75, 3.05) is 33.4 Å². The van der Waals surface area contributed by atoms with Gasteiger partial charge < -0.3 is 28.8 Å². The number of morpholine rings is 1. The molecule has 166 valence electrons.